The van der Waals surface area contributed by atoms with E-state index in [1.54, 1.807) is 0 Å². The molecule has 12 heteroatoms. The van der Waals surface area contributed by atoms with Crippen molar-refractivity contribution < 1.29 is 29.3 Å². The first-order valence-electron chi connectivity index (χ1n) is 25.3. The third-order valence-corrected chi connectivity index (χ3v) is 15.0. The van der Waals surface area contributed by atoms with Crippen LogP contribution in [0.15, 0.2) is 60.7 Å². The lowest BCUT2D eigenvalue weighted by atomic mass is 9.89. The predicted molar refractivity (Wildman–Crippen MR) is 256 cm³/mol. The molecule has 2 aromatic carbocycles. The summed E-state index contributed by atoms with van der Waals surface area (Å²) in [6.07, 6.45) is 15.9. The molecule has 0 spiro atoms. The summed E-state index contributed by atoms with van der Waals surface area (Å²) in [5, 5.41) is 28.3. The zero-order valence-corrected chi connectivity index (χ0v) is 38.5. The zero-order valence-electron chi connectivity index (χ0n) is 38.5. The Hall–Kier alpha value is -4.88. The molecule has 4 aliphatic heterocycles. The average Bonchev–Trinajstić information content (AvgIpc) is 4.27. The van der Waals surface area contributed by atoms with Gasteiger partial charge in [-0.2, -0.15) is 0 Å². The first-order valence-corrected chi connectivity index (χ1v) is 25.3. The number of nitrogens with one attached hydrogen (secondary N) is 2. The minimum absolute atomic E-state index is 0.0219. The maximum Gasteiger partial charge on any atom is 0.325 e. The number of unbranched alkanes of at least 4 members (excludes halogenated alkanes) is 2. The smallest absolute Gasteiger partial charge is 0.325 e. The summed E-state index contributed by atoms with van der Waals surface area (Å²) in [6.45, 7) is 5.83. The van der Waals surface area contributed by atoms with Crippen LogP contribution in [0.1, 0.15) is 146 Å². The van der Waals surface area contributed by atoms with Gasteiger partial charge >= 0.3 is 11.9 Å². The standard InChI is InChI=1S/C54H68N6O6/c61-53(62)49(45-13-2-1-12-43(45)35-15-16-35)59-27-23-41(33-59)66-30-6-4-11-40-32-47(46-14-8-26-56-52(46)58-40)38-20-22-44(36-17-18-36)48(31-38)50(54(63)64)60-28-24-42(34-60)65-29-5-3-10-39-21-19-37-9-7-25-55-51(37)57-39/h1-2,12-13,19-22,31-32,35-36,41-42,49-50H,3-11,14-18,23-30,33-34H2,(H,55,57)(H,56,58)(H,61,62)(H,63,64)/t41-,42-,49+,50-/m1/s1. The Morgan fingerprint density at radius 3 is 1.94 bits per heavy atom. The quantitative estimate of drug-likeness (QED) is 0.0592. The molecule has 4 atom stereocenters. The number of carboxylic acids is 2. The average molecular weight is 897 g/mol. The fourth-order valence-corrected chi connectivity index (χ4v) is 11.2. The predicted octanol–water partition coefficient (Wildman–Crippen LogP) is 9.09. The maximum atomic E-state index is 13.3. The number of likely N-dealkylation sites (tertiary alicyclic amines) is 2. The highest BCUT2D eigenvalue weighted by Crippen LogP contribution is 2.47. The van der Waals surface area contributed by atoms with Crippen molar-refractivity contribution >= 4 is 23.6 Å². The lowest BCUT2D eigenvalue weighted by Crippen LogP contribution is -2.34. The van der Waals surface area contributed by atoms with Crippen molar-refractivity contribution in [3.63, 3.8) is 0 Å². The number of hydrogen-bond donors (Lipinski definition) is 4. The van der Waals surface area contributed by atoms with E-state index in [4.69, 9.17) is 19.4 Å². The normalized spacial score (nSPS) is 21.7. The summed E-state index contributed by atoms with van der Waals surface area (Å²) in [5.74, 6) is 1.32. The Bertz CT molecular complexity index is 2370. The second-order valence-electron chi connectivity index (χ2n) is 19.8. The van der Waals surface area contributed by atoms with Gasteiger partial charge < -0.3 is 30.3 Å². The molecule has 2 aromatic heterocycles. The van der Waals surface area contributed by atoms with Crippen LogP contribution in [-0.4, -0.2) is 107 Å². The Kier molecular flexibility index (Phi) is 14.0. The van der Waals surface area contributed by atoms with Crippen LogP contribution in [0.2, 0.25) is 0 Å². The van der Waals surface area contributed by atoms with Crippen molar-refractivity contribution in [1.82, 2.24) is 19.8 Å². The summed E-state index contributed by atoms with van der Waals surface area (Å²) in [5.41, 5.74) is 11.1. The summed E-state index contributed by atoms with van der Waals surface area (Å²) in [6, 6.07) is 20.0. The van der Waals surface area contributed by atoms with Crippen molar-refractivity contribution in [1.29, 1.82) is 0 Å². The second-order valence-corrected chi connectivity index (χ2v) is 19.8. The Labute approximate surface area is 389 Å². The molecule has 10 rings (SSSR count). The maximum absolute atomic E-state index is 13.3. The fraction of sp³-hybridized carbons (Fsp3) is 0.556. The minimum Gasteiger partial charge on any atom is -0.480 e. The van der Waals surface area contributed by atoms with Crippen molar-refractivity contribution in [2.24, 2.45) is 0 Å². The fourth-order valence-electron chi connectivity index (χ4n) is 11.2. The van der Waals surface area contributed by atoms with Crippen molar-refractivity contribution in [2.45, 2.75) is 139 Å². The summed E-state index contributed by atoms with van der Waals surface area (Å²) >= 11 is 0. The van der Waals surface area contributed by atoms with Crippen molar-refractivity contribution in [3.05, 3.63) is 105 Å². The molecule has 4 N–H and O–H groups in total. The SMILES string of the molecule is O=C(O)[C@H](c1ccccc1C1CC1)N1CC[C@@H](OCCCCc2cc(-c3ccc(C4CC4)c([C@H](C(=O)O)N4CC[C@@H](OCCCCc5ccc6c(n5)NCCC6)C4)c3)c3c(n2)NCCC3)C1. The van der Waals surface area contributed by atoms with Crippen LogP contribution >= 0.6 is 0 Å². The van der Waals surface area contributed by atoms with E-state index >= 15 is 0 Å². The first kappa shape index (κ1) is 44.9. The van der Waals surface area contributed by atoms with E-state index < -0.39 is 24.0 Å². The van der Waals surface area contributed by atoms with Crippen molar-refractivity contribution in [2.75, 3.05) is 63.1 Å². The van der Waals surface area contributed by atoms with Crippen LogP contribution < -0.4 is 10.6 Å². The number of hydrogen-bond acceptors (Lipinski definition) is 10. The lowest BCUT2D eigenvalue weighted by molar-refractivity contribution is -0.144. The molecule has 350 valence electrons. The number of anilines is 2. The van der Waals surface area contributed by atoms with E-state index in [-0.39, 0.29) is 12.2 Å². The summed E-state index contributed by atoms with van der Waals surface area (Å²) in [4.78, 5) is 40.1. The van der Waals surface area contributed by atoms with Gasteiger partial charge in [0.25, 0.3) is 0 Å². The van der Waals surface area contributed by atoms with E-state index in [2.05, 4.69) is 62.9 Å². The van der Waals surface area contributed by atoms with E-state index in [0.717, 1.165) is 161 Å². The Balaban J connectivity index is 0.756. The molecule has 2 saturated carbocycles. The van der Waals surface area contributed by atoms with Gasteiger partial charge in [-0.15, -0.1) is 0 Å². The molecule has 6 aliphatic rings. The van der Waals surface area contributed by atoms with Crippen molar-refractivity contribution in [3.8, 4) is 11.1 Å². The van der Waals surface area contributed by atoms with E-state index in [1.807, 2.05) is 18.2 Å². The summed E-state index contributed by atoms with van der Waals surface area (Å²) in [7, 11) is 0. The van der Waals surface area contributed by atoms with Gasteiger partial charge in [0.2, 0.25) is 0 Å². The van der Waals surface area contributed by atoms with Crippen LogP contribution in [0.4, 0.5) is 11.6 Å². The topological polar surface area (TPSA) is 149 Å². The largest absolute Gasteiger partial charge is 0.480 e. The van der Waals surface area contributed by atoms with Crippen LogP contribution in [0.25, 0.3) is 11.1 Å². The number of aliphatic carboxylic acids is 2. The van der Waals surface area contributed by atoms with E-state index in [0.29, 0.717) is 51.2 Å². The molecule has 0 radical (unpaired) electrons. The molecular formula is C54H68N6O6. The number of benzene rings is 2. The summed E-state index contributed by atoms with van der Waals surface area (Å²) < 4.78 is 12.8. The number of rotatable bonds is 21. The molecule has 0 amide bonds. The zero-order chi connectivity index (χ0) is 45.0. The number of fused-ring (bicyclic) bond motifs is 2. The second kappa shape index (κ2) is 20.6. The Morgan fingerprint density at radius 1 is 0.652 bits per heavy atom. The van der Waals surface area contributed by atoms with Gasteiger partial charge in [-0.25, -0.2) is 9.97 Å². The highest BCUT2D eigenvalue weighted by molar-refractivity contribution is 5.80. The number of carboxylic acid groups (broad SMARTS) is 2. The van der Waals surface area contributed by atoms with Gasteiger partial charge in [-0.05, 0) is 172 Å². The lowest BCUT2D eigenvalue weighted by Gasteiger charge is -2.28. The van der Waals surface area contributed by atoms with Crippen LogP contribution in [0.5, 0.6) is 0 Å². The highest BCUT2D eigenvalue weighted by Gasteiger charge is 2.39. The van der Waals surface area contributed by atoms with Gasteiger partial charge in [0.05, 0.1) is 12.2 Å². The third-order valence-electron chi connectivity index (χ3n) is 15.0. The molecule has 2 aliphatic carbocycles. The molecule has 12 nitrogen and oxygen atoms in total. The van der Waals surface area contributed by atoms with Gasteiger partial charge in [0.15, 0.2) is 0 Å². The Morgan fingerprint density at radius 2 is 1.26 bits per heavy atom. The number of nitrogens with zero attached hydrogens (tertiary/aromatic N) is 4. The monoisotopic (exact) mass is 897 g/mol. The molecule has 6 heterocycles. The number of aryl methyl sites for hydroxylation is 3. The molecule has 4 aromatic rings. The first-order chi connectivity index (χ1) is 32.4. The van der Waals surface area contributed by atoms with E-state index in [1.165, 1.54) is 22.3 Å². The number of ether oxygens (including phenoxy) is 2. The molecule has 0 bridgehead atoms. The van der Waals surface area contributed by atoms with Gasteiger partial charge in [-0.3, -0.25) is 19.4 Å². The van der Waals surface area contributed by atoms with Gasteiger partial charge in [-0.1, -0.05) is 42.5 Å². The minimum atomic E-state index is -0.797. The van der Waals surface area contributed by atoms with Crippen LogP contribution in [-0.2, 0) is 44.7 Å². The van der Waals surface area contributed by atoms with Crippen LogP contribution in [0, 0.1) is 0 Å². The highest BCUT2D eigenvalue weighted by atomic mass is 16.5. The van der Waals surface area contributed by atoms with E-state index in [9.17, 15) is 19.8 Å². The van der Waals surface area contributed by atoms with Gasteiger partial charge in [0, 0.05) is 69.4 Å². The molecule has 4 fully saturated rings. The molecular weight excluding hydrogens is 829 g/mol. The number of aromatic nitrogens is 2. The number of pyridine rings is 2. The number of carbonyl (C=O) groups is 2. The molecule has 2 saturated heterocycles. The molecule has 0 unspecified atom stereocenters. The van der Waals surface area contributed by atoms with Gasteiger partial charge in [0.1, 0.15) is 23.7 Å². The molecule has 66 heavy (non-hydrogen) atoms. The van der Waals surface area contributed by atoms with Crippen LogP contribution in [0.3, 0.4) is 0 Å². The third kappa shape index (κ3) is 10.5.